The van der Waals surface area contributed by atoms with E-state index in [0.717, 1.165) is 17.0 Å². The van der Waals surface area contributed by atoms with Gasteiger partial charge in [-0.1, -0.05) is 23.7 Å². The lowest BCUT2D eigenvalue weighted by molar-refractivity contribution is -0.137. The smallest absolute Gasteiger partial charge is 0.416 e. The number of aromatic nitrogens is 2. The lowest BCUT2D eigenvalue weighted by Crippen LogP contribution is -2.34. The molecule has 1 saturated heterocycles. The van der Waals surface area contributed by atoms with Gasteiger partial charge in [0.25, 0.3) is 0 Å². The van der Waals surface area contributed by atoms with Gasteiger partial charge in [-0.3, -0.25) is 14.5 Å². The molecular weight excluding hydrogens is 403 g/mol. The van der Waals surface area contributed by atoms with Crippen molar-refractivity contribution in [2.45, 2.75) is 6.18 Å². The van der Waals surface area contributed by atoms with Crippen molar-refractivity contribution in [2.24, 2.45) is 0 Å². The number of allylic oxidation sites excluding steroid dienone is 2. The van der Waals surface area contributed by atoms with Crippen LogP contribution in [0.15, 0.2) is 35.0 Å². The Morgan fingerprint density at radius 1 is 1.18 bits per heavy atom. The third-order valence-electron chi connectivity index (χ3n) is 4.26. The predicted molar refractivity (Wildman–Crippen MR) is 88.6 cm³/mol. The summed E-state index contributed by atoms with van der Waals surface area (Å²) >= 11 is 6.00. The first-order valence-electron chi connectivity index (χ1n) is 7.89. The Labute approximate surface area is 159 Å². The molecule has 0 atom stereocenters. The number of nitrogens with one attached hydrogen (secondary N) is 1. The van der Waals surface area contributed by atoms with E-state index in [1.807, 2.05) is 0 Å². The Morgan fingerprint density at radius 2 is 1.93 bits per heavy atom. The van der Waals surface area contributed by atoms with Gasteiger partial charge in [-0.25, -0.2) is 9.78 Å². The molecule has 2 aromatic rings. The lowest BCUT2D eigenvalue weighted by atomic mass is 10.0. The van der Waals surface area contributed by atoms with E-state index in [-0.39, 0.29) is 41.6 Å². The highest BCUT2D eigenvalue weighted by Crippen LogP contribution is 2.34. The van der Waals surface area contributed by atoms with Gasteiger partial charge < -0.3 is 9.72 Å². The second-order valence-corrected chi connectivity index (χ2v) is 6.35. The maximum absolute atomic E-state index is 12.9. The number of fused-ring (bicyclic) bond motifs is 1. The molecule has 0 spiro atoms. The van der Waals surface area contributed by atoms with Crippen LogP contribution >= 0.6 is 11.6 Å². The highest BCUT2D eigenvalue weighted by Gasteiger charge is 2.41. The number of hydrogen-bond donors (Lipinski definition) is 1. The Bertz CT molecular complexity index is 1070. The second-order valence-electron chi connectivity index (χ2n) is 5.97. The lowest BCUT2D eigenvalue weighted by Gasteiger charge is -2.20. The number of ketones is 2. The van der Waals surface area contributed by atoms with Crippen molar-refractivity contribution in [2.75, 3.05) is 13.2 Å². The van der Waals surface area contributed by atoms with Crippen LogP contribution in [0.4, 0.5) is 18.0 Å². The van der Waals surface area contributed by atoms with Crippen molar-refractivity contribution in [3.8, 4) is 11.4 Å². The van der Waals surface area contributed by atoms with Crippen molar-refractivity contribution < 1.29 is 32.3 Å². The monoisotopic (exact) mass is 411 g/mol. The van der Waals surface area contributed by atoms with Gasteiger partial charge in [0.1, 0.15) is 34.5 Å². The van der Waals surface area contributed by atoms with E-state index >= 15 is 0 Å². The largest absolute Gasteiger partial charge is 0.447 e. The van der Waals surface area contributed by atoms with Crippen LogP contribution in [-0.4, -0.2) is 45.7 Å². The number of cyclic esters (lactones) is 1. The van der Waals surface area contributed by atoms with E-state index in [4.69, 9.17) is 16.3 Å². The molecule has 1 N–H and O–H groups in total. The minimum Gasteiger partial charge on any atom is -0.447 e. The number of rotatable bonds is 2. The maximum Gasteiger partial charge on any atom is 0.416 e. The van der Waals surface area contributed by atoms with Gasteiger partial charge in [-0.15, -0.1) is 0 Å². The summed E-state index contributed by atoms with van der Waals surface area (Å²) in [6, 6.07) is 4.26. The number of ether oxygens (including phenoxy) is 1. The van der Waals surface area contributed by atoms with E-state index in [1.165, 1.54) is 12.1 Å². The zero-order valence-corrected chi connectivity index (χ0v) is 14.5. The van der Waals surface area contributed by atoms with Crippen molar-refractivity contribution in [3.63, 3.8) is 0 Å². The number of carbonyl (C=O) groups excluding carboxylic acids is 3. The highest BCUT2D eigenvalue weighted by atomic mass is 35.5. The van der Waals surface area contributed by atoms with Crippen molar-refractivity contribution >= 4 is 29.3 Å². The van der Waals surface area contributed by atoms with Crippen LogP contribution < -0.4 is 0 Å². The number of aromatic amines is 1. The van der Waals surface area contributed by atoms with Crippen LogP contribution in [-0.2, 0) is 10.9 Å². The molecule has 7 nitrogen and oxygen atoms in total. The van der Waals surface area contributed by atoms with Crippen molar-refractivity contribution in [1.82, 2.24) is 14.9 Å². The normalized spacial score (nSPS) is 17.3. The Hall–Kier alpha value is -3.14. The Kier molecular flexibility index (Phi) is 4.03. The summed E-state index contributed by atoms with van der Waals surface area (Å²) in [5.41, 5.74) is -1.81. The maximum atomic E-state index is 12.9. The summed E-state index contributed by atoms with van der Waals surface area (Å²) in [5, 5.41) is -0.490. The van der Waals surface area contributed by atoms with Crippen LogP contribution in [0.2, 0.25) is 0 Å². The van der Waals surface area contributed by atoms with E-state index in [2.05, 4.69) is 9.97 Å². The Morgan fingerprint density at radius 3 is 2.57 bits per heavy atom. The summed E-state index contributed by atoms with van der Waals surface area (Å²) in [5.74, 6) is -1.70. The molecular formula is C17H9ClF3N3O4. The third kappa shape index (κ3) is 2.76. The zero-order valence-electron chi connectivity index (χ0n) is 13.8. The van der Waals surface area contributed by atoms with Crippen LogP contribution in [0.3, 0.4) is 0 Å². The molecule has 0 saturated carbocycles. The zero-order chi connectivity index (χ0) is 20.2. The first-order valence-corrected chi connectivity index (χ1v) is 8.27. The molecule has 2 aliphatic rings. The summed E-state index contributed by atoms with van der Waals surface area (Å²) in [6.07, 6.45) is -5.39. The fourth-order valence-electron chi connectivity index (χ4n) is 2.95. The standard InChI is InChI=1S/C17H9ClF3N3O4/c18-9-12(24-4-5-28-16(24)27)14(26)11-10(13(9)25)22-15(23-11)7-2-1-3-8(6-7)17(19,20)21/h1-3,6H,4-5H2,(H,22,23). The number of imidazole rings is 1. The average molecular weight is 412 g/mol. The summed E-state index contributed by atoms with van der Waals surface area (Å²) in [7, 11) is 0. The predicted octanol–water partition coefficient (Wildman–Crippen LogP) is 3.38. The van der Waals surface area contributed by atoms with Gasteiger partial charge in [0, 0.05) is 5.56 Å². The number of halogens is 4. The van der Waals surface area contributed by atoms with Crippen LogP contribution in [0.5, 0.6) is 0 Å². The number of hydrogen-bond acceptors (Lipinski definition) is 5. The van der Waals surface area contributed by atoms with E-state index in [0.29, 0.717) is 0 Å². The summed E-state index contributed by atoms with van der Waals surface area (Å²) in [4.78, 5) is 44.5. The fourth-order valence-corrected chi connectivity index (χ4v) is 3.23. The first kappa shape index (κ1) is 18.2. The number of H-pyrrole nitrogens is 1. The third-order valence-corrected chi connectivity index (χ3v) is 4.61. The molecule has 28 heavy (non-hydrogen) atoms. The number of benzene rings is 1. The topological polar surface area (TPSA) is 92.4 Å². The molecule has 0 unspecified atom stereocenters. The molecule has 1 amide bonds. The molecule has 1 aromatic heterocycles. The molecule has 0 radical (unpaired) electrons. The second kappa shape index (κ2) is 6.20. The number of amides is 1. The molecule has 1 aliphatic heterocycles. The molecule has 1 fully saturated rings. The molecule has 4 rings (SSSR count). The minimum absolute atomic E-state index is 0.0247. The van der Waals surface area contributed by atoms with Crippen molar-refractivity contribution in [1.29, 1.82) is 0 Å². The van der Waals surface area contributed by atoms with E-state index in [1.54, 1.807) is 0 Å². The van der Waals surface area contributed by atoms with Gasteiger partial charge in [0.2, 0.25) is 11.6 Å². The summed E-state index contributed by atoms with van der Waals surface area (Å²) < 4.78 is 43.6. The van der Waals surface area contributed by atoms with E-state index < -0.39 is 34.4 Å². The van der Waals surface area contributed by atoms with Crippen molar-refractivity contribution in [3.05, 3.63) is 51.9 Å². The molecule has 0 bridgehead atoms. The number of nitrogens with zero attached hydrogens (tertiary/aromatic N) is 2. The molecule has 2 heterocycles. The van der Waals surface area contributed by atoms with Gasteiger partial charge in [0.05, 0.1) is 12.1 Å². The minimum atomic E-state index is -4.57. The first-order chi connectivity index (χ1) is 13.2. The van der Waals surface area contributed by atoms with E-state index in [9.17, 15) is 27.6 Å². The molecule has 11 heteroatoms. The van der Waals surface area contributed by atoms with Crippen LogP contribution in [0.1, 0.15) is 26.5 Å². The fraction of sp³-hybridized carbons (Fsp3) is 0.176. The van der Waals surface area contributed by atoms with Gasteiger partial charge in [-0.2, -0.15) is 13.2 Å². The molecule has 1 aliphatic carbocycles. The quantitative estimate of drug-likeness (QED) is 0.818. The van der Waals surface area contributed by atoms with Gasteiger partial charge >= 0.3 is 12.3 Å². The highest BCUT2D eigenvalue weighted by molar-refractivity contribution is 6.49. The molecule has 144 valence electrons. The number of alkyl halides is 3. The summed E-state index contributed by atoms with van der Waals surface area (Å²) in [6.45, 7) is 0.0561. The van der Waals surface area contributed by atoms with Gasteiger partial charge in [0.15, 0.2) is 0 Å². The SMILES string of the molecule is O=C1C(N2CCOC2=O)=C(Cl)C(=O)c2[nH]c(-c3cccc(C(F)(F)F)c3)nc21. The average Bonchev–Trinajstić information content (AvgIpc) is 3.27. The Balaban J connectivity index is 1.78. The van der Waals surface area contributed by atoms with Crippen LogP contribution in [0.25, 0.3) is 11.4 Å². The van der Waals surface area contributed by atoms with Gasteiger partial charge in [-0.05, 0) is 12.1 Å². The number of Topliss-reactive ketones (excluding diaryl/α,β-unsaturated/α-hetero) is 2. The van der Waals surface area contributed by atoms with Crippen LogP contribution in [0, 0.1) is 0 Å². The molecule has 1 aromatic carbocycles. The number of carbonyl (C=O) groups is 3.